The lowest BCUT2D eigenvalue weighted by atomic mass is 10.0. The van der Waals surface area contributed by atoms with Crippen LogP contribution in [-0.2, 0) is 6.42 Å². The van der Waals surface area contributed by atoms with E-state index in [1.165, 1.54) is 0 Å². The number of hydrogen-bond acceptors (Lipinski definition) is 2. The van der Waals surface area contributed by atoms with Crippen molar-refractivity contribution < 1.29 is 4.39 Å². The Morgan fingerprint density at radius 1 is 1.30 bits per heavy atom. The monoisotopic (exact) mass is 402 g/mol. The first-order chi connectivity index (χ1) is 12.8. The van der Waals surface area contributed by atoms with E-state index in [2.05, 4.69) is 26.0 Å². The van der Waals surface area contributed by atoms with Crippen molar-refractivity contribution in [3.8, 4) is 0 Å². The number of halogens is 2. The van der Waals surface area contributed by atoms with Gasteiger partial charge in [-0.15, -0.1) is 4.91 Å². The number of aryl methyl sites for hydroxylation is 1. The molecule has 0 aliphatic heterocycles. The van der Waals surface area contributed by atoms with Gasteiger partial charge in [0.1, 0.15) is 5.91 Å². The summed E-state index contributed by atoms with van der Waals surface area (Å²) in [5.74, 6) is -1.11. The molecule has 0 saturated heterocycles. The fourth-order valence-corrected chi connectivity index (χ4v) is 2.95. The van der Waals surface area contributed by atoms with Gasteiger partial charge in [-0.05, 0) is 59.0 Å². The lowest BCUT2D eigenvalue weighted by Gasteiger charge is -2.07. The summed E-state index contributed by atoms with van der Waals surface area (Å²) in [4.78, 5) is 15.5. The third-order valence-electron chi connectivity index (χ3n) is 4.12. The van der Waals surface area contributed by atoms with Crippen LogP contribution >= 0.6 is 20.8 Å². The van der Waals surface area contributed by atoms with E-state index < -0.39 is 5.91 Å². The topological polar surface area (TPSA) is 41.8 Å². The summed E-state index contributed by atoms with van der Waals surface area (Å²) in [6, 6.07) is 12.6. The highest BCUT2D eigenvalue weighted by Crippen LogP contribution is 2.27. The molecule has 0 aliphatic carbocycles. The molecule has 27 heavy (non-hydrogen) atoms. The van der Waals surface area contributed by atoms with Crippen molar-refractivity contribution in [2.75, 3.05) is 0 Å². The van der Waals surface area contributed by atoms with Gasteiger partial charge in [0.2, 0.25) is 0 Å². The smallest absolute Gasteiger partial charge is 0.197 e. The highest BCUT2D eigenvalue weighted by atomic mass is 35.5. The number of hydrogen-bond donors (Lipinski definition) is 0. The first-order valence-corrected chi connectivity index (χ1v) is 9.48. The van der Waals surface area contributed by atoms with Gasteiger partial charge in [0.05, 0.1) is 5.70 Å². The Bertz CT molecular complexity index is 905. The van der Waals surface area contributed by atoms with E-state index in [-0.39, 0.29) is 5.84 Å². The van der Waals surface area contributed by atoms with Crippen LogP contribution in [0.2, 0.25) is 5.02 Å². The molecule has 0 aromatic heterocycles. The van der Waals surface area contributed by atoms with Crippen molar-refractivity contribution in [2.45, 2.75) is 26.2 Å². The molecule has 0 aliphatic rings. The minimum Gasteiger partial charge on any atom is -0.238 e. The van der Waals surface area contributed by atoms with Crippen LogP contribution < -0.4 is 0 Å². The Morgan fingerprint density at radius 3 is 2.52 bits per heavy atom. The van der Waals surface area contributed by atoms with Crippen LogP contribution in [0.5, 0.6) is 0 Å². The molecule has 0 N–H and O–H groups in total. The predicted octanol–water partition coefficient (Wildman–Crippen LogP) is 6.98. The molecule has 140 valence electrons. The zero-order valence-corrected chi connectivity index (χ0v) is 17.2. The van der Waals surface area contributed by atoms with Crippen molar-refractivity contribution in [2.24, 2.45) is 10.2 Å². The van der Waals surface area contributed by atoms with Gasteiger partial charge in [-0.25, -0.2) is 9.38 Å². The lowest BCUT2D eigenvalue weighted by Crippen LogP contribution is -1.93. The molecule has 0 fully saturated rings. The number of nitroso groups, excluding NO2 is 1. The zero-order valence-electron chi connectivity index (χ0n) is 15.2. The fourth-order valence-electron chi connectivity index (χ4n) is 2.50. The minimum atomic E-state index is -1.11. The van der Waals surface area contributed by atoms with Crippen LogP contribution in [0.3, 0.4) is 0 Å². The second-order valence-corrected chi connectivity index (χ2v) is 7.02. The third-order valence-corrected chi connectivity index (χ3v) is 4.84. The van der Waals surface area contributed by atoms with E-state index >= 15 is 0 Å². The summed E-state index contributed by atoms with van der Waals surface area (Å²) < 4.78 is 13.3. The second kappa shape index (κ2) is 9.68. The molecule has 0 radical (unpaired) electrons. The number of nitrogens with zero attached hydrogens (tertiary/aromatic N) is 2. The maximum absolute atomic E-state index is 13.3. The van der Waals surface area contributed by atoms with E-state index in [1.807, 2.05) is 26.0 Å². The maximum atomic E-state index is 13.3. The third kappa shape index (κ3) is 5.66. The average Bonchev–Trinajstić information content (AvgIpc) is 2.67. The van der Waals surface area contributed by atoms with Crippen LogP contribution in [-0.4, -0.2) is 5.84 Å². The van der Waals surface area contributed by atoms with Gasteiger partial charge < -0.3 is 0 Å². The van der Waals surface area contributed by atoms with Gasteiger partial charge in [0, 0.05) is 10.6 Å². The number of allylic oxidation sites excluding steroid dienone is 1. The predicted molar refractivity (Wildman–Crippen MR) is 117 cm³/mol. The molecule has 0 heterocycles. The Kier molecular flexibility index (Phi) is 7.58. The summed E-state index contributed by atoms with van der Waals surface area (Å²) in [7, 11) is 2.11. The van der Waals surface area contributed by atoms with Crippen LogP contribution in [0.15, 0.2) is 65.3 Å². The molecule has 0 spiro atoms. The summed E-state index contributed by atoms with van der Waals surface area (Å²) in [5.41, 5.74) is 4.32. The second-order valence-electron chi connectivity index (χ2n) is 6.03. The average molecular weight is 403 g/mol. The minimum absolute atomic E-state index is 0.00559. The Hall–Kier alpha value is -2.16. The molecule has 2 atom stereocenters. The van der Waals surface area contributed by atoms with Crippen LogP contribution in [0.1, 0.15) is 42.0 Å². The number of aliphatic imine (C=N–C) groups is 1. The van der Waals surface area contributed by atoms with Crippen molar-refractivity contribution in [1.82, 2.24) is 0 Å². The van der Waals surface area contributed by atoms with E-state index in [9.17, 15) is 9.30 Å². The van der Waals surface area contributed by atoms with Gasteiger partial charge in [0.25, 0.3) is 0 Å². The standard InChI is InChI=1S/C21H21ClFN2OP/c1-4-15-5-10-19(22)18(12-15)14(3)24-20(25-26)11-13(2)16-6-8-17(9-7-16)21(23)27/h5-12,21H,3-4,27H2,1-2H3/b13-11+,24-20+. The Morgan fingerprint density at radius 2 is 1.96 bits per heavy atom. The van der Waals surface area contributed by atoms with Gasteiger partial charge in [0.15, 0.2) is 5.84 Å². The quantitative estimate of drug-likeness (QED) is 0.222. The first kappa shape index (κ1) is 21.1. The van der Waals surface area contributed by atoms with E-state index in [4.69, 9.17) is 11.6 Å². The number of benzene rings is 2. The summed E-state index contributed by atoms with van der Waals surface area (Å²) in [6.07, 6.45) is 2.42. The van der Waals surface area contributed by atoms with Crippen molar-refractivity contribution >= 4 is 37.9 Å². The molecule has 2 rings (SSSR count). The van der Waals surface area contributed by atoms with E-state index in [0.717, 1.165) is 23.1 Å². The number of alkyl halides is 1. The molecular weight excluding hydrogens is 382 g/mol. The van der Waals surface area contributed by atoms with Gasteiger partial charge in [-0.1, -0.05) is 64.7 Å². The summed E-state index contributed by atoms with van der Waals surface area (Å²) in [5, 5.41) is 3.51. The highest BCUT2D eigenvalue weighted by Gasteiger charge is 2.08. The van der Waals surface area contributed by atoms with Gasteiger partial charge >= 0.3 is 0 Å². The van der Waals surface area contributed by atoms with Crippen LogP contribution in [0, 0.1) is 4.91 Å². The molecule has 2 aromatic carbocycles. The summed E-state index contributed by atoms with van der Waals surface area (Å²) >= 11 is 6.23. The van der Waals surface area contributed by atoms with Crippen LogP contribution in [0.25, 0.3) is 11.3 Å². The number of rotatable bonds is 6. The van der Waals surface area contributed by atoms with Crippen molar-refractivity contribution in [3.63, 3.8) is 0 Å². The normalized spacial score (nSPS) is 13.4. The fraction of sp³-hybridized carbons (Fsp3) is 0.190. The maximum Gasteiger partial charge on any atom is 0.197 e. The van der Waals surface area contributed by atoms with Gasteiger partial charge in [-0.2, -0.15) is 0 Å². The largest absolute Gasteiger partial charge is 0.238 e. The first-order valence-electron chi connectivity index (χ1n) is 8.43. The SMILES string of the molecule is C=C(/N=C(\C=C(/C)c1ccc(C(F)P)cc1)N=O)c1cc(CC)ccc1Cl. The zero-order chi connectivity index (χ0) is 20.0. The molecule has 0 bridgehead atoms. The molecule has 2 aromatic rings. The molecule has 6 heteroatoms. The lowest BCUT2D eigenvalue weighted by molar-refractivity contribution is 0.469. The van der Waals surface area contributed by atoms with Crippen LogP contribution in [0.4, 0.5) is 4.39 Å². The van der Waals surface area contributed by atoms with Crippen molar-refractivity contribution in [1.29, 1.82) is 0 Å². The molecule has 2 unspecified atom stereocenters. The molecule has 0 amide bonds. The van der Waals surface area contributed by atoms with Crippen molar-refractivity contribution in [3.05, 3.63) is 87.3 Å². The molecular formula is C21H21ClFN2OP. The Balaban J connectivity index is 2.30. The number of amidine groups is 1. The highest BCUT2D eigenvalue weighted by molar-refractivity contribution is 7.16. The summed E-state index contributed by atoms with van der Waals surface area (Å²) in [6.45, 7) is 7.78. The molecule has 3 nitrogen and oxygen atoms in total. The molecule has 0 saturated carbocycles. The van der Waals surface area contributed by atoms with Gasteiger partial charge in [-0.3, -0.25) is 0 Å². The Labute approximate surface area is 166 Å². The van der Waals surface area contributed by atoms with E-state index in [0.29, 0.717) is 21.8 Å². The van der Waals surface area contributed by atoms with E-state index in [1.54, 1.807) is 36.4 Å².